The first-order valence-electron chi connectivity index (χ1n) is 7.29. The molecule has 1 unspecified atom stereocenters. The Balaban J connectivity index is 1.84. The van der Waals surface area contributed by atoms with E-state index in [2.05, 4.69) is 10.2 Å². The van der Waals surface area contributed by atoms with Crippen LogP contribution in [0.5, 0.6) is 0 Å². The standard InChI is InChI=1S/C14H30N2O2/c1-16(2)8-10-18-9-7-15-12-14(17)11-13-5-3-4-6-13/h13-15,17H,3-12H2,1-2H3. The molecule has 1 aliphatic rings. The zero-order chi connectivity index (χ0) is 13.2. The van der Waals surface area contributed by atoms with Crippen LogP contribution in [-0.2, 0) is 4.74 Å². The van der Waals surface area contributed by atoms with E-state index in [0.29, 0.717) is 6.54 Å². The maximum atomic E-state index is 9.88. The highest BCUT2D eigenvalue weighted by Gasteiger charge is 2.18. The van der Waals surface area contributed by atoms with Crippen LogP contribution in [-0.4, -0.2) is 63.1 Å². The quantitative estimate of drug-likeness (QED) is 0.576. The van der Waals surface area contributed by atoms with E-state index in [1.165, 1.54) is 25.7 Å². The van der Waals surface area contributed by atoms with Crippen LogP contribution < -0.4 is 5.32 Å². The van der Waals surface area contributed by atoms with Gasteiger partial charge in [0.1, 0.15) is 0 Å². The van der Waals surface area contributed by atoms with Crippen molar-refractivity contribution in [2.75, 3.05) is 46.9 Å². The molecule has 1 aliphatic carbocycles. The minimum absolute atomic E-state index is 0.185. The summed E-state index contributed by atoms with van der Waals surface area (Å²) < 4.78 is 5.47. The highest BCUT2D eigenvalue weighted by Crippen LogP contribution is 2.28. The minimum Gasteiger partial charge on any atom is -0.392 e. The molecular formula is C14H30N2O2. The average Bonchev–Trinajstić information content (AvgIpc) is 2.80. The lowest BCUT2D eigenvalue weighted by molar-refractivity contribution is 0.109. The van der Waals surface area contributed by atoms with Crippen molar-refractivity contribution in [1.82, 2.24) is 10.2 Å². The van der Waals surface area contributed by atoms with Gasteiger partial charge in [-0.25, -0.2) is 0 Å². The van der Waals surface area contributed by atoms with Crippen molar-refractivity contribution in [3.63, 3.8) is 0 Å². The van der Waals surface area contributed by atoms with E-state index in [0.717, 1.165) is 38.6 Å². The number of likely N-dealkylation sites (N-methyl/N-ethyl adjacent to an activating group) is 1. The number of nitrogens with one attached hydrogen (secondary N) is 1. The Morgan fingerprint density at radius 3 is 2.67 bits per heavy atom. The third-order valence-electron chi connectivity index (χ3n) is 3.57. The molecule has 4 heteroatoms. The van der Waals surface area contributed by atoms with Crippen molar-refractivity contribution in [3.8, 4) is 0 Å². The summed E-state index contributed by atoms with van der Waals surface area (Å²) >= 11 is 0. The van der Waals surface area contributed by atoms with Gasteiger partial charge in [-0.15, -0.1) is 0 Å². The van der Waals surface area contributed by atoms with Crippen LogP contribution >= 0.6 is 0 Å². The third kappa shape index (κ3) is 8.03. The van der Waals surface area contributed by atoms with Crippen LogP contribution in [0.3, 0.4) is 0 Å². The first-order chi connectivity index (χ1) is 8.68. The van der Waals surface area contributed by atoms with Crippen LogP contribution in [0.1, 0.15) is 32.1 Å². The van der Waals surface area contributed by atoms with Crippen LogP contribution in [0, 0.1) is 5.92 Å². The van der Waals surface area contributed by atoms with E-state index in [9.17, 15) is 5.11 Å². The van der Waals surface area contributed by atoms with Crippen LogP contribution in [0.15, 0.2) is 0 Å². The van der Waals surface area contributed by atoms with Crippen LogP contribution in [0.4, 0.5) is 0 Å². The Bertz CT molecular complexity index is 194. The van der Waals surface area contributed by atoms with Crippen molar-refractivity contribution in [2.24, 2.45) is 5.92 Å². The maximum absolute atomic E-state index is 9.88. The molecule has 108 valence electrons. The molecule has 0 aromatic heterocycles. The second-order valence-corrected chi connectivity index (χ2v) is 5.66. The van der Waals surface area contributed by atoms with E-state index in [-0.39, 0.29) is 6.10 Å². The Hall–Kier alpha value is -0.160. The smallest absolute Gasteiger partial charge is 0.0667 e. The lowest BCUT2D eigenvalue weighted by Gasteiger charge is -2.16. The average molecular weight is 258 g/mol. The summed E-state index contributed by atoms with van der Waals surface area (Å²) in [6.45, 7) is 4.00. The fourth-order valence-electron chi connectivity index (χ4n) is 2.48. The number of rotatable bonds is 10. The molecule has 0 aliphatic heterocycles. The van der Waals surface area contributed by atoms with E-state index in [4.69, 9.17) is 4.74 Å². The molecule has 1 saturated carbocycles. The van der Waals surface area contributed by atoms with Crippen LogP contribution in [0.25, 0.3) is 0 Å². The number of nitrogens with zero attached hydrogens (tertiary/aromatic N) is 1. The van der Waals surface area contributed by atoms with Crippen molar-refractivity contribution in [2.45, 2.75) is 38.2 Å². The van der Waals surface area contributed by atoms with Crippen molar-refractivity contribution >= 4 is 0 Å². The van der Waals surface area contributed by atoms with Crippen molar-refractivity contribution in [3.05, 3.63) is 0 Å². The lowest BCUT2D eigenvalue weighted by atomic mass is 10.0. The van der Waals surface area contributed by atoms with Crippen molar-refractivity contribution < 1.29 is 9.84 Å². The fourth-order valence-corrected chi connectivity index (χ4v) is 2.48. The molecule has 1 atom stereocenters. The van der Waals surface area contributed by atoms with Gasteiger partial charge in [0, 0.05) is 19.6 Å². The SMILES string of the molecule is CN(C)CCOCCNCC(O)CC1CCCC1. The molecule has 0 amide bonds. The third-order valence-corrected chi connectivity index (χ3v) is 3.57. The second kappa shape index (κ2) is 9.73. The summed E-state index contributed by atoms with van der Waals surface area (Å²) in [6, 6.07) is 0. The molecule has 18 heavy (non-hydrogen) atoms. The summed E-state index contributed by atoms with van der Waals surface area (Å²) in [4.78, 5) is 2.11. The molecule has 0 heterocycles. The monoisotopic (exact) mass is 258 g/mol. The summed E-state index contributed by atoms with van der Waals surface area (Å²) in [5.74, 6) is 0.762. The van der Waals surface area contributed by atoms with Gasteiger partial charge in [-0.05, 0) is 26.4 Å². The van der Waals surface area contributed by atoms with Gasteiger partial charge < -0.3 is 20.1 Å². The first kappa shape index (κ1) is 15.9. The van der Waals surface area contributed by atoms with Gasteiger partial charge in [0.2, 0.25) is 0 Å². The highest BCUT2D eigenvalue weighted by atomic mass is 16.5. The molecular weight excluding hydrogens is 228 g/mol. The van der Waals surface area contributed by atoms with Gasteiger partial charge in [0.25, 0.3) is 0 Å². The summed E-state index contributed by atoms with van der Waals surface area (Å²) in [7, 11) is 4.09. The molecule has 1 fully saturated rings. The van der Waals surface area contributed by atoms with Gasteiger partial charge in [0.15, 0.2) is 0 Å². The van der Waals surface area contributed by atoms with E-state index >= 15 is 0 Å². The highest BCUT2D eigenvalue weighted by molar-refractivity contribution is 4.72. The Morgan fingerprint density at radius 1 is 1.28 bits per heavy atom. The zero-order valence-electron chi connectivity index (χ0n) is 12.0. The molecule has 4 nitrogen and oxygen atoms in total. The maximum Gasteiger partial charge on any atom is 0.0667 e. The zero-order valence-corrected chi connectivity index (χ0v) is 12.0. The van der Waals surface area contributed by atoms with Gasteiger partial charge in [-0.2, -0.15) is 0 Å². The molecule has 0 saturated heterocycles. The van der Waals surface area contributed by atoms with E-state index < -0.39 is 0 Å². The summed E-state index contributed by atoms with van der Waals surface area (Å²) in [6.07, 6.45) is 6.11. The number of hydrogen-bond acceptors (Lipinski definition) is 4. The predicted octanol–water partition coefficient (Wildman–Crippen LogP) is 1.10. The molecule has 0 spiro atoms. The summed E-state index contributed by atoms with van der Waals surface area (Å²) in [5.41, 5.74) is 0. The fraction of sp³-hybridized carbons (Fsp3) is 1.00. The normalized spacial score (nSPS) is 18.7. The largest absolute Gasteiger partial charge is 0.392 e. The first-order valence-corrected chi connectivity index (χ1v) is 7.29. The Labute approximate surface area is 112 Å². The van der Waals surface area contributed by atoms with Gasteiger partial charge in [-0.3, -0.25) is 0 Å². The second-order valence-electron chi connectivity index (χ2n) is 5.66. The molecule has 1 rings (SSSR count). The molecule has 0 aromatic rings. The van der Waals surface area contributed by atoms with Gasteiger partial charge in [-0.1, -0.05) is 25.7 Å². The van der Waals surface area contributed by atoms with E-state index in [1.807, 2.05) is 14.1 Å². The molecule has 0 aromatic carbocycles. The molecule has 2 N–H and O–H groups in total. The number of aliphatic hydroxyl groups is 1. The van der Waals surface area contributed by atoms with Crippen molar-refractivity contribution in [1.29, 1.82) is 0 Å². The molecule has 0 bridgehead atoms. The number of aliphatic hydroxyl groups excluding tert-OH is 1. The Kier molecular flexibility index (Phi) is 8.59. The minimum atomic E-state index is -0.185. The Morgan fingerprint density at radius 2 is 2.00 bits per heavy atom. The van der Waals surface area contributed by atoms with Crippen LogP contribution in [0.2, 0.25) is 0 Å². The topological polar surface area (TPSA) is 44.7 Å². The van der Waals surface area contributed by atoms with Gasteiger partial charge >= 0.3 is 0 Å². The van der Waals surface area contributed by atoms with Gasteiger partial charge in [0.05, 0.1) is 19.3 Å². The lowest BCUT2D eigenvalue weighted by Crippen LogP contribution is -2.31. The predicted molar refractivity (Wildman–Crippen MR) is 74.8 cm³/mol. The summed E-state index contributed by atoms with van der Waals surface area (Å²) in [5, 5.41) is 13.1. The molecule has 0 radical (unpaired) electrons. The number of hydrogen-bond donors (Lipinski definition) is 2. The van der Waals surface area contributed by atoms with E-state index in [1.54, 1.807) is 0 Å². The number of ether oxygens (including phenoxy) is 1.